The maximum Gasteiger partial charge on any atom is 0.230 e. The van der Waals surface area contributed by atoms with E-state index < -0.39 is 0 Å². The molecule has 0 saturated carbocycles. The average molecular weight is 294 g/mol. The summed E-state index contributed by atoms with van der Waals surface area (Å²) in [6, 6.07) is 9.27. The van der Waals surface area contributed by atoms with E-state index in [2.05, 4.69) is 10.6 Å². The molecule has 2 rings (SSSR count). The zero-order valence-corrected chi connectivity index (χ0v) is 12.4. The minimum absolute atomic E-state index is 0.00330. The zero-order valence-electron chi connectivity index (χ0n) is 11.5. The lowest BCUT2D eigenvalue weighted by molar-refractivity contribution is -0.119. The number of nitrogens with one attached hydrogen (secondary N) is 2. The first-order chi connectivity index (χ1) is 9.79. The molecular weight excluding hydrogens is 272 g/mol. The first-order valence-corrected chi connectivity index (χ1v) is 8.12. The molecule has 1 heterocycles. The molecule has 0 radical (unpaired) electrons. The van der Waals surface area contributed by atoms with Crippen molar-refractivity contribution in [3.63, 3.8) is 0 Å². The van der Waals surface area contributed by atoms with Gasteiger partial charge in [0.15, 0.2) is 0 Å². The van der Waals surface area contributed by atoms with Crippen molar-refractivity contribution in [2.45, 2.75) is 24.1 Å². The summed E-state index contributed by atoms with van der Waals surface area (Å²) in [5, 5.41) is 16.2. The van der Waals surface area contributed by atoms with E-state index in [9.17, 15) is 9.90 Å². The van der Waals surface area contributed by atoms with Gasteiger partial charge in [0.2, 0.25) is 5.91 Å². The summed E-state index contributed by atoms with van der Waals surface area (Å²) in [4.78, 5) is 12.0. The molecule has 1 aliphatic rings. The standard InChI is InChI=1S/C15H22N2O2S/c18-10-14(12-4-2-1-3-5-12)17-15(19)11-20-13-6-8-16-9-7-13/h1-5,13-14,16,18H,6-11H2,(H,17,19)/t14-/m0/s1. The number of benzene rings is 1. The fourth-order valence-electron chi connectivity index (χ4n) is 2.31. The Hall–Kier alpha value is -1.04. The summed E-state index contributed by atoms with van der Waals surface area (Å²) in [7, 11) is 0. The third kappa shape index (κ3) is 4.81. The minimum Gasteiger partial charge on any atom is -0.394 e. The van der Waals surface area contributed by atoms with Gasteiger partial charge in [-0.3, -0.25) is 4.79 Å². The van der Waals surface area contributed by atoms with Crippen LogP contribution in [-0.2, 0) is 4.79 Å². The van der Waals surface area contributed by atoms with Gasteiger partial charge in [-0.25, -0.2) is 0 Å². The van der Waals surface area contributed by atoms with E-state index in [1.54, 1.807) is 11.8 Å². The first-order valence-electron chi connectivity index (χ1n) is 7.07. The second-order valence-corrected chi connectivity index (χ2v) is 6.26. The number of hydrogen-bond donors (Lipinski definition) is 3. The largest absolute Gasteiger partial charge is 0.394 e. The number of aliphatic hydroxyl groups excluding tert-OH is 1. The molecule has 0 unspecified atom stereocenters. The van der Waals surface area contributed by atoms with Gasteiger partial charge < -0.3 is 15.7 Å². The Morgan fingerprint density at radius 1 is 1.35 bits per heavy atom. The van der Waals surface area contributed by atoms with Crippen LogP contribution in [0.2, 0.25) is 0 Å². The van der Waals surface area contributed by atoms with Crippen molar-refractivity contribution in [1.82, 2.24) is 10.6 Å². The molecule has 3 N–H and O–H groups in total. The number of hydrogen-bond acceptors (Lipinski definition) is 4. The van der Waals surface area contributed by atoms with Crippen molar-refractivity contribution in [2.75, 3.05) is 25.4 Å². The van der Waals surface area contributed by atoms with Crippen molar-refractivity contribution in [3.05, 3.63) is 35.9 Å². The Balaban J connectivity index is 1.77. The van der Waals surface area contributed by atoms with Gasteiger partial charge in [0, 0.05) is 5.25 Å². The van der Waals surface area contributed by atoms with E-state index in [-0.39, 0.29) is 18.6 Å². The molecule has 0 aromatic heterocycles. The minimum atomic E-state index is -0.308. The number of amides is 1. The van der Waals surface area contributed by atoms with Crippen LogP contribution < -0.4 is 10.6 Å². The maximum absolute atomic E-state index is 12.0. The number of aliphatic hydroxyl groups is 1. The van der Waals surface area contributed by atoms with E-state index in [0.717, 1.165) is 31.5 Å². The summed E-state index contributed by atoms with van der Waals surface area (Å²) in [5.41, 5.74) is 0.940. The summed E-state index contributed by atoms with van der Waals surface area (Å²) in [6.07, 6.45) is 2.25. The summed E-state index contributed by atoms with van der Waals surface area (Å²) < 4.78 is 0. The predicted molar refractivity (Wildman–Crippen MR) is 82.8 cm³/mol. The molecule has 1 amide bonds. The van der Waals surface area contributed by atoms with Crippen molar-refractivity contribution >= 4 is 17.7 Å². The lowest BCUT2D eigenvalue weighted by atomic mass is 10.1. The summed E-state index contributed by atoms with van der Waals surface area (Å²) >= 11 is 1.72. The average Bonchev–Trinajstić information content (AvgIpc) is 2.52. The van der Waals surface area contributed by atoms with Crippen LogP contribution in [0, 0.1) is 0 Å². The second-order valence-electron chi connectivity index (χ2n) is 4.97. The van der Waals surface area contributed by atoms with Gasteiger partial charge in [0.25, 0.3) is 0 Å². The quantitative estimate of drug-likeness (QED) is 0.740. The highest BCUT2D eigenvalue weighted by molar-refractivity contribution is 8.00. The first kappa shape index (κ1) is 15.4. The van der Waals surface area contributed by atoms with Crippen molar-refractivity contribution in [2.24, 2.45) is 0 Å². The van der Waals surface area contributed by atoms with Crippen LogP contribution in [0.1, 0.15) is 24.4 Å². The number of carbonyl (C=O) groups is 1. The number of piperidine rings is 1. The lowest BCUT2D eigenvalue weighted by Gasteiger charge is -2.22. The number of rotatable bonds is 6. The fourth-order valence-corrected chi connectivity index (χ4v) is 3.35. The number of thioether (sulfide) groups is 1. The van der Waals surface area contributed by atoms with Gasteiger partial charge in [0.1, 0.15) is 0 Å². The molecule has 4 nitrogen and oxygen atoms in total. The van der Waals surface area contributed by atoms with E-state index in [1.165, 1.54) is 0 Å². The highest BCUT2D eigenvalue weighted by atomic mass is 32.2. The van der Waals surface area contributed by atoms with Crippen molar-refractivity contribution in [1.29, 1.82) is 0 Å². The molecule has 1 aliphatic heterocycles. The molecule has 1 atom stereocenters. The molecule has 110 valence electrons. The van der Waals surface area contributed by atoms with Crippen molar-refractivity contribution in [3.8, 4) is 0 Å². The molecule has 1 saturated heterocycles. The smallest absolute Gasteiger partial charge is 0.230 e. The van der Waals surface area contributed by atoms with Crippen LogP contribution >= 0.6 is 11.8 Å². The van der Waals surface area contributed by atoms with Crippen LogP contribution in [-0.4, -0.2) is 41.7 Å². The van der Waals surface area contributed by atoms with Crippen LogP contribution in [0.5, 0.6) is 0 Å². The summed E-state index contributed by atoms with van der Waals surface area (Å²) in [5.74, 6) is 0.463. The van der Waals surface area contributed by atoms with Gasteiger partial charge in [-0.1, -0.05) is 30.3 Å². The van der Waals surface area contributed by atoms with E-state index in [4.69, 9.17) is 0 Å². The topological polar surface area (TPSA) is 61.4 Å². The van der Waals surface area contributed by atoms with Gasteiger partial charge in [-0.05, 0) is 31.5 Å². The second kappa shape index (κ2) is 8.29. The van der Waals surface area contributed by atoms with E-state index in [1.807, 2.05) is 30.3 Å². The fraction of sp³-hybridized carbons (Fsp3) is 0.533. The third-order valence-electron chi connectivity index (χ3n) is 3.46. The Bertz CT molecular complexity index is 408. The SMILES string of the molecule is O=C(CSC1CCNCC1)N[C@@H](CO)c1ccccc1. The highest BCUT2D eigenvalue weighted by Gasteiger charge is 2.17. The Morgan fingerprint density at radius 3 is 2.70 bits per heavy atom. The third-order valence-corrected chi connectivity index (χ3v) is 4.83. The van der Waals surface area contributed by atoms with E-state index in [0.29, 0.717) is 11.0 Å². The maximum atomic E-state index is 12.0. The summed E-state index contributed by atoms with van der Waals surface area (Å²) in [6.45, 7) is 2.01. The van der Waals surface area contributed by atoms with Gasteiger partial charge in [-0.15, -0.1) is 11.8 Å². The molecule has 0 spiro atoms. The Morgan fingerprint density at radius 2 is 2.05 bits per heavy atom. The zero-order chi connectivity index (χ0) is 14.2. The normalized spacial score (nSPS) is 17.6. The van der Waals surface area contributed by atoms with Crippen LogP contribution in [0.25, 0.3) is 0 Å². The van der Waals surface area contributed by atoms with Gasteiger partial charge in [0.05, 0.1) is 18.4 Å². The van der Waals surface area contributed by atoms with Crippen LogP contribution in [0.3, 0.4) is 0 Å². The number of carbonyl (C=O) groups excluding carboxylic acids is 1. The predicted octanol–water partition coefficient (Wildman–Crippen LogP) is 1.32. The lowest BCUT2D eigenvalue weighted by Crippen LogP contribution is -2.34. The van der Waals surface area contributed by atoms with Crippen LogP contribution in [0.15, 0.2) is 30.3 Å². The Labute approximate surface area is 124 Å². The molecule has 1 aromatic rings. The van der Waals surface area contributed by atoms with Gasteiger partial charge in [-0.2, -0.15) is 0 Å². The Kier molecular flexibility index (Phi) is 6.36. The molecule has 1 fully saturated rings. The molecular formula is C15H22N2O2S. The molecule has 20 heavy (non-hydrogen) atoms. The van der Waals surface area contributed by atoms with E-state index >= 15 is 0 Å². The molecule has 1 aromatic carbocycles. The monoisotopic (exact) mass is 294 g/mol. The molecule has 5 heteroatoms. The van der Waals surface area contributed by atoms with Crippen molar-refractivity contribution < 1.29 is 9.90 Å². The van der Waals surface area contributed by atoms with Crippen LogP contribution in [0.4, 0.5) is 0 Å². The highest BCUT2D eigenvalue weighted by Crippen LogP contribution is 2.20. The molecule has 0 bridgehead atoms. The molecule has 0 aliphatic carbocycles. The van der Waals surface area contributed by atoms with Gasteiger partial charge >= 0.3 is 0 Å².